The van der Waals surface area contributed by atoms with Crippen molar-refractivity contribution >= 4 is 23.0 Å². The van der Waals surface area contributed by atoms with Crippen LogP contribution in [-0.4, -0.2) is 16.1 Å². The fourth-order valence-electron chi connectivity index (χ4n) is 5.83. The Kier molecular flexibility index (Phi) is 4.58. The van der Waals surface area contributed by atoms with Crippen molar-refractivity contribution in [3.63, 3.8) is 0 Å². The van der Waals surface area contributed by atoms with E-state index in [2.05, 4.69) is 99.0 Å². The number of anilines is 4. The van der Waals surface area contributed by atoms with E-state index in [0.29, 0.717) is 0 Å². The van der Waals surface area contributed by atoms with Gasteiger partial charge in [0.15, 0.2) is 11.6 Å². The van der Waals surface area contributed by atoms with Crippen LogP contribution in [0.25, 0.3) is 0 Å². The molecular weight excluding hydrogens is 380 g/mol. The summed E-state index contributed by atoms with van der Waals surface area (Å²) < 4.78 is 0. The van der Waals surface area contributed by atoms with Crippen LogP contribution in [0.5, 0.6) is 0 Å². The van der Waals surface area contributed by atoms with Crippen LogP contribution in [-0.2, 0) is 11.8 Å². The molecule has 0 saturated carbocycles. The van der Waals surface area contributed by atoms with Crippen molar-refractivity contribution in [3.05, 3.63) is 72.1 Å². The molecule has 160 valence electrons. The number of rotatable bonds is 4. The van der Waals surface area contributed by atoms with Crippen molar-refractivity contribution in [1.82, 2.24) is 9.97 Å². The highest BCUT2D eigenvalue weighted by atomic mass is 15.5. The average Bonchev–Trinajstić information content (AvgIpc) is 3.18. The van der Waals surface area contributed by atoms with E-state index in [1.807, 2.05) is 6.20 Å². The number of aryl methyl sites for hydroxylation is 1. The molecule has 0 amide bonds. The third-order valence-corrected chi connectivity index (χ3v) is 8.16. The highest BCUT2D eigenvalue weighted by Gasteiger charge is 2.61. The summed E-state index contributed by atoms with van der Waals surface area (Å²) in [7, 11) is 0. The van der Waals surface area contributed by atoms with Crippen LogP contribution in [0, 0.1) is 5.41 Å². The smallest absolute Gasteiger partial charge is 0.178 e. The summed E-state index contributed by atoms with van der Waals surface area (Å²) in [6, 6.07) is 19.6. The molecule has 4 heteroatoms. The molecular formula is C27H32N4. The van der Waals surface area contributed by atoms with Crippen molar-refractivity contribution < 1.29 is 0 Å². The molecule has 0 bridgehead atoms. The Morgan fingerprint density at radius 1 is 0.839 bits per heavy atom. The maximum absolute atomic E-state index is 5.13. The maximum atomic E-state index is 5.13. The summed E-state index contributed by atoms with van der Waals surface area (Å²) in [6.45, 7) is 11.7. The lowest BCUT2D eigenvalue weighted by molar-refractivity contribution is 0.0963. The SMILES string of the molecule is CCc1cnc2c(n1)N1c3ccccc3C(C)(CC)C(C)(CC)C1N2c1ccccc1. The van der Waals surface area contributed by atoms with E-state index in [1.165, 1.54) is 16.9 Å². The predicted molar refractivity (Wildman–Crippen MR) is 128 cm³/mol. The molecule has 4 nitrogen and oxygen atoms in total. The molecule has 3 unspecified atom stereocenters. The van der Waals surface area contributed by atoms with Gasteiger partial charge in [-0.15, -0.1) is 0 Å². The number of hydrogen-bond donors (Lipinski definition) is 0. The largest absolute Gasteiger partial charge is 0.301 e. The summed E-state index contributed by atoms with van der Waals surface area (Å²) in [6.07, 6.45) is 5.08. The number of fused-ring (bicyclic) bond motifs is 5. The zero-order valence-corrected chi connectivity index (χ0v) is 19.3. The zero-order chi connectivity index (χ0) is 21.8. The van der Waals surface area contributed by atoms with Crippen molar-refractivity contribution in [3.8, 4) is 0 Å². The number of nitrogens with zero attached hydrogens (tertiary/aromatic N) is 4. The zero-order valence-electron chi connectivity index (χ0n) is 19.3. The van der Waals surface area contributed by atoms with Crippen molar-refractivity contribution in [2.24, 2.45) is 5.41 Å². The first-order valence-electron chi connectivity index (χ1n) is 11.6. The van der Waals surface area contributed by atoms with Gasteiger partial charge in [-0.2, -0.15) is 0 Å². The normalized spacial score (nSPS) is 26.4. The van der Waals surface area contributed by atoms with E-state index in [0.717, 1.165) is 36.6 Å². The summed E-state index contributed by atoms with van der Waals surface area (Å²) >= 11 is 0. The van der Waals surface area contributed by atoms with Crippen LogP contribution >= 0.6 is 0 Å². The van der Waals surface area contributed by atoms with E-state index >= 15 is 0 Å². The third kappa shape index (κ3) is 2.54. The van der Waals surface area contributed by atoms with Gasteiger partial charge in [-0.3, -0.25) is 0 Å². The molecule has 3 atom stereocenters. The lowest BCUT2D eigenvalue weighted by Gasteiger charge is -2.58. The van der Waals surface area contributed by atoms with Crippen LogP contribution in [0.2, 0.25) is 0 Å². The average molecular weight is 413 g/mol. The van der Waals surface area contributed by atoms with Gasteiger partial charge in [0, 0.05) is 22.2 Å². The Bertz CT molecular complexity index is 1110. The third-order valence-electron chi connectivity index (χ3n) is 8.16. The van der Waals surface area contributed by atoms with Gasteiger partial charge in [-0.1, -0.05) is 71.0 Å². The molecule has 0 aliphatic carbocycles. The quantitative estimate of drug-likeness (QED) is 0.474. The van der Waals surface area contributed by atoms with Crippen molar-refractivity contribution in [2.75, 3.05) is 9.80 Å². The lowest BCUT2D eigenvalue weighted by Crippen LogP contribution is -2.62. The van der Waals surface area contributed by atoms with Crippen LogP contribution in [0.1, 0.15) is 58.7 Å². The highest BCUT2D eigenvalue weighted by molar-refractivity contribution is 5.86. The highest BCUT2D eigenvalue weighted by Crippen LogP contribution is 2.63. The number of para-hydroxylation sites is 2. The van der Waals surface area contributed by atoms with E-state index in [-0.39, 0.29) is 17.0 Å². The Labute approximate surface area is 186 Å². The van der Waals surface area contributed by atoms with E-state index < -0.39 is 0 Å². The summed E-state index contributed by atoms with van der Waals surface area (Å²) in [5.41, 5.74) is 4.91. The second-order valence-electron chi connectivity index (χ2n) is 9.29. The molecule has 2 aliphatic heterocycles. The van der Waals surface area contributed by atoms with Gasteiger partial charge in [0.1, 0.15) is 6.17 Å². The molecule has 0 fully saturated rings. The van der Waals surface area contributed by atoms with Gasteiger partial charge >= 0.3 is 0 Å². The standard InChI is InChI=1S/C27H32N4/c1-6-19-18-28-23-24(29-19)31-22-17-13-12-16-21(22)26(4,7-2)27(5,8-3)25(31)30(23)20-14-10-9-11-15-20/h9-18,25H,6-8H2,1-5H3. The summed E-state index contributed by atoms with van der Waals surface area (Å²) in [4.78, 5) is 15.0. The van der Waals surface area contributed by atoms with Crippen molar-refractivity contribution in [2.45, 2.75) is 65.5 Å². The number of benzene rings is 2. The lowest BCUT2D eigenvalue weighted by atomic mass is 9.55. The van der Waals surface area contributed by atoms with Gasteiger partial charge < -0.3 is 9.80 Å². The van der Waals surface area contributed by atoms with E-state index in [4.69, 9.17) is 9.97 Å². The van der Waals surface area contributed by atoms with E-state index in [1.54, 1.807) is 0 Å². The minimum atomic E-state index is -0.0132. The van der Waals surface area contributed by atoms with Gasteiger partial charge in [-0.25, -0.2) is 9.97 Å². The molecule has 2 aromatic carbocycles. The molecule has 0 N–H and O–H groups in total. The fourth-order valence-corrected chi connectivity index (χ4v) is 5.83. The predicted octanol–water partition coefficient (Wildman–Crippen LogP) is 6.75. The van der Waals surface area contributed by atoms with Crippen LogP contribution in [0.3, 0.4) is 0 Å². The number of hydrogen-bond acceptors (Lipinski definition) is 4. The summed E-state index contributed by atoms with van der Waals surface area (Å²) in [5.74, 6) is 1.95. The topological polar surface area (TPSA) is 32.3 Å². The van der Waals surface area contributed by atoms with Gasteiger partial charge in [0.05, 0.1) is 11.9 Å². The molecule has 2 aliphatic rings. The molecule has 3 aromatic rings. The fraction of sp³-hybridized carbons (Fsp3) is 0.407. The van der Waals surface area contributed by atoms with E-state index in [9.17, 15) is 0 Å². The first-order chi connectivity index (χ1) is 15.0. The minimum Gasteiger partial charge on any atom is -0.301 e. The van der Waals surface area contributed by atoms with Gasteiger partial charge in [0.25, 0.3) is 0 Å². The molecule has 0 radical (unpaired) electrons. The molecule has 5 rings (SSSR count). The minimum absolute atomic E-state index is 0.0132. The molecule has 3 heterocycles. The Morgan fingerprint density at radius 2 is 1.55 bits per heavy atom. The van der Waals surface area contributed by atoms with Gasteiger partial charge in [-0.05, 0) is 43.0 Å². The first kappa shape index (κ1) is 20.0. The van der Waals surface area contributed by atoms with Crippen molar-refractivity contribution in [1.29, 1.82) is 0 Å². The Hall–Kier alpha value is -2.88. The second-order valence-corrected chi connectivity index (χ2v) is 9.29. The Morgan fingerprint density at radius 3 is 2.23 bits per heavy atom. The second kappa shape index (κ2) is 7.08. The first-order valence-corrected chi connectivity index (χ1v) is 11.6. The number of aromatic nitrogens is 2. The molecule has 0 spiro atoms. The summed E-state index contributed by atoms with van der Waals surface area (Å²) in [5, 5.41) is 0. The monoisotopic (exact) mass is 412 g/mol. The van der Waals surface area contributed by atoms with Crippen LogP contribution in [0.4, 0.5) is 23.0 Å². The van der Waals surface area contributed by atoms with Crippen LogP contribution in [0.15, 0.2) is 60.8 Å². The Balaban J connectivity index is 1.86. The maximum Gasteiger partial charge on any atom is 0.178 e. The molecule has 31 heavy (non-hydrogen) atoms. The molecule has 0 saturated heterocycles. The van der Waals surface area contributed by atoms with Crippen LogP contribution < -0.4 is 9.80 Å². The molecule has 1 aromatic heterocycles. The van der Waals surface area contributed by atoms with Gasteiger partial charge in [0.2, 0.25) is 0 Å².